The predicted octanol–water partition coefficient (Wildman–Crippen LogP) is 2.91. The van der Waals surface area contributed by atoms with Gasteiger partial charge in [-0.05, 0) is 18.6 Å². The van der Waals surface area contributed by atoms with E-state index in [0.29, 0.717) is 18.4 Å². The van der Waals surface area contributed by atoms with E-state index in [1.807, 2.05) is 6.92 Å². The number of rotatable bonds is 2. The maximum atomic E-state index is 10.7. The van der Waals surface area contributed by atoms with Crippen molar-refractivity contribution < 1.29 is 9.90 Å². The van der Waals surface area contributed by atoms with E-state index >= 15 is 0 Å². The van der Waals surface area contributed by atoms with Gasteiger partial charge in [0.15, 0.2) is 0 Å². The van der Waals surface area contributed by atoms with Crippen LogP contribution in [0.2, 0.25) is 0 Å². The van der Waals surface area contributed by atoms with Crippen LogP contribution in [0.5, 0.6) is 0 Å². The maximum absolute atomic E-state index is 10.7. The molecule has 0 heterocycles. The number of alkyl halides is 2. The van der Waals surface area contributed by atoms with Gasteiger partial charge < -0.3 is 5.11 Å². The molecule has 0 aromatic rings. The Kier molecular flexibility index (Phi) is 3.04. The van der Waals surface area contributed by atoms with Crippen molar-refractivity contribution in [1.82, 2.24) is 0 Å². The van der Waals surface area contributed by atoms with E-state index in [9.17, 15) is 4.79 Å². The van der Waals surface area contributed by atoms with Crippen molar-refractivity contribution in [2.75, 3.05) is 0 Å². The summed E-state index contributed by atoms with van der Waals surface area (Å²) in [5.74, 6) is -0.920. The third-order valence-electron chi connectivity index (χ3n) is 1.98. The van der Waals surface area contributed by atoms with E-state index < -0.39 is 10.3 Å². The van der Waals surface area contributed by atoms with Crippen LogP contribution in [0.1, 0.15) is 19.8 Å². The first-order valence-electron chi connectivity index (χ1n) is 3.98. The van der Waals surface area contributed by atoms with Gasteiger partial charge in [-0.1, -0.05) is 35.7 Å². The van der Waals surface area contributed by atoms with E-state index in [-0.39, 0.29) is 0 Å². The topological polar surface area (TPSA) is 37.3 Å². The van der Waals surface area contributed by atoms with Crippen LogP contribution in [0, 0.1) is 0 Å². The zero-order valence-electron chi connectivity index (χ0n) is 7.18. The van der Waals surface area contributed by atoms with Crippen molar-refractivity contribution in [2.24, 2.45) is 0 Å². The van der Waals surface area contributed by atoms with Crippen LogP contribution >= 0.6 is 23.2 Å². The molecule has 0 atom stereocenters. The summed E-state index contributed by atoms with van der Waals surface area (Å²) in [5, 5.41) is 8.81. The Labute approximate surface area is 86.8 Å². The Balaban J connectivity index is 3.01. The van der Waals surface area contributed by atoms with Gasteiger partial charge in [-0.3, -0.25) is 0 Å². The second-order valence-electron chi connectivity index (χ2n) is 2.95. The second kappa shape index (κ2) is 3.72. The summed E-state index contributed by atoms with van der Waals surface area (Å²) >= 11 is 11.7. The third kappa shape index (κ3) is 2.48. The second-order valence-corrected chi connectivity index (χ2v) is 4.49. The number of aliphatic carboxylic acids is 1. The Bertz CT molecular complexity index is 290. The Morgan fingerprint density at radius 1 is 1.69 bits per heavy atom. The molecular formula is C9H10Cl2O2. The highest BCUT2D eigenvalue weighted by atomic mass is 35.5. The molecule has 1 aliphatic rings. The van der Waals surface area contributed by atoms with Gasteiger partial charge in [-0.2, -0.15) is 0 Å². The van der Waals surface area contributed by atoms with Gasteiger partial charge in [0.2, 0.25) is 0 Å². The fraction of sp³-hybridized carbons (Fsp3) is 0.444. The zero-order chi connectivity index (χ0) is 10.1. The molecule has 0 radical (unpaired) electrons. The lowest BCUT2D eigenvalue weighted by Gasteiger charge is -2.22. The normalized spacial score (nSPS) is 20.5. The van der Waals surface area contributed by atoms with E-state index in [2.05, 4.69) is 0 Å². The number of carboxylic acids is 1. The minimum absolute atomic E-state index is 0.319. The van der Waals surface area contributed by atoms with Crippen molar-refractivity contribution in [1.29, 1.82) is 0 Å². The number of halogens is 2. The first-order valence-corrected chi connectivity index (χ1v) is 4.74. The molecule has 72 valence electrons. The smallest absolute Gasteiger partial charge is 0.335 e. The molecule has 1 aliphatic carbocycles. The average molecular weight is 221 g/mol. The third-order valence-corrected chi connectivity index (χ3v) is 2.50. The Morgan fingerprint density at radius 2 is 2.31 bits per heavy atom. The highest BCUT2D eigenvalue weighted by molar-refractivity contribution is 6.50. The number of hydrogen-bond donors (Lipinski definition) is 1. The maximum Gasteiger partial charge on any atom is 0.335 e. The molecule has 4 heteroatoms. The van der Waals surface area contributed by atoms with E-state index in [1.165, 1.54) is 12.2 Å². The van der Waals surface area contributed by atoms with Crippen LogP contribution in [0.15, 0.2) is 23.3 Å². The van der Waals surface area contributed by atoms with Gasteiger partial charge >= 0.3 is 5.97 Å². The number of carbonyl (C=O) groups is 1. The van der Waals surface area contributed by atoms with Crippen LogP contribution in [0.4, 0.5) is 0 Å². The quantitative estimate of drug-likeness (QED) is 0.728. The van der Waals surface area contributed by atoms with Gasteiger partial charge in [0, 0.05) is 6.42 Å². The van der Waals surface area contributed by atoms with Crippen LogP contribution in [0.3, 0.4) is 0 Å². The summed E-state index contributed by atoms with van der Waals surface area (Å²) in [5.41, 5.74) is 1.11. The van der Waals surface area contributed by atoms with Crippen molar-refractivity contribution in [3.8, 4) is 0 Å². The summed E-state index contributed by atoms with van der Waals surface area (Å²) in [6.45, 7) is 1.89. The lowest BCUT2D eigenvalue weighted by atomic mass is 9.95. The number of hydrogen-bond acceptors (Lipinski definition) is 1. The van der Waals surface area contributed by atoms with Crippen LogP contribution in [0.25, 0.3) is 0 Å². The van der Waals surface area contributed by atoms with Gasteiger partial charge in [-0.25, -0.2) is 4.79 Å². The molecule has 1 rings (SSSR count). The molecule has 0 saturated heterocycles. The first-order chi connectivity index (χ1) is 5.96. The minimum Gasteiger partial charge on any atom is -0.478 e. The fourth-order valence-corrected chi connectivity index (χ4v) is 1.75. The Hall–Kier alpha value is -0.470. The molecule has 0 aromatic heterocycles. The summed E-state index contributed by atoms with van der Waals surface area (Å²) in [6, 6.07) is 0. The SMILES string of the molecule is CCC1=C(C(=O)O)C=CC(Cl)(Cl)C1. The van der Waals surface area contributed by atoms with Gasteiger partial charge in [0.1, 0.15) is 4.33 Å². The van der Waals surface area contributed by atoms with Crippen LogP contribution in [-0.2, 0) is 4.79 Å². The summed E-state index contributed by atoms with van der Waals surface area (Å²) in [4.78, 5) is 10.7. The van der Waals surface area contributed by atoms with Crippen LogP contribution < -0.4 is 0 Å². The summed E-state index contributed by atoms with van der Waals surface area (Å²) in [6.07, 6.45) is 4.04. The van der Waals surface area contributed by atoms with Crippen LogP contribution in [-0.4, -0.2) is 15.4 Å². The van der Waals surface area contributed by atoms with E-state index in [4.69, 9.17) is 28.3 Å². The van der Waals surface area contributed by atoms with Gasteiger partial charge in [0.25, 0.3) is 0 Å². The predicted molar refractivity (Wildman–Crippen MR) is 53.1 cm³/mol. The summed E-state index contributed by atoms with van der Waals surface area (Å²) < 4.78 is -0.940. The van der Waals surface area contributed by atoms with Crippen molar-refractivity contribution >= 4 is 29.2 Å². The molecule has 2 nitrogen and oxygen atoms in total. The van der Waals surface area contributed by atoms with E-state index in [1.54, 1.807) is 0 Å². The molecule has 0 aromatic carbocycles. The highest BCUT2D eigenvalue weighted by Gasteiger charge is 2.28. The zero-order valence-corrected chi connectivity index (χ0v) is 8.69. The first kappa shape index (κ1) is 10.6. The molecule has 0 spiro atoms. The average Bonchev–Trinajstić information content (AvgIpc) is 2.01. The van der Waals surface area contributed by atoms with E-state index in [0.717, 1.165) is 5.57 Å². The minimum atomic E-state index is -0.940. The van der Waals surface area contributed by atoms with Crippen molar-refractivity contribution in [3.63, 3.8) is 0 Å². The van der Waals surface area contributed by atoms with Crippen molar-refractivity contribution in [3.05, 3.63) is 23.3 Å². The number of carboxylic acid groups (broad SMARTS) is 1. The molecule has 0 aliphatic heterocycles. The van der Waals surface area contributed by atoms with Gasteiger partial charge in [-0.15, -0.1) is 0 Å². The lowest BCUT2D eigenvalue weighted by molar-refractivity contribution is -0.132. The molecule has 0 saturated carbocycles. The standard InChI is InChI=1S/C9H10Cl2O2/c1-2-6-5-9(10,11)4-3-7(6)8(12)13/h3-4H,2,5H2,1H3,(H,12,13). The molecule has 13 heavy (non-hydrogen) atoms. The molecule has 0 amide bonds. The largest absolute Gasteiger partial charge is 0.478 e. The monoisotopic (exact) mass is 220 g/mol. The lowest BCUT2D eigenvalue weighted by Crippen LogP contribution is -2.17. The molecular weight excluding hydrogens is 211 g/mol. The van der Waals surface area contributed by atoms with Crippen molar-refractivity contribution in [2.45, 2.75) is 24.1 Å². The molecule has 0 bridgehead atoms. The van der Waals surface area contributed by atoms with Gasteiger partial charge in [0.05, 0.1) is 5.57 Å². The summed E-state index contributed by atoms with van der Waals surface area (Å²) in [7, 11) is 0. The number of allylic oxidation sites excluding steroid dienone is 2. The fourth-order valence-electron chi connectivity index (χ4n) is 1.30. The highest BCUT2D eigenvalue weighted by Crippen LogP contribution is 2.37. The molecule has 0 fully saturated rings. The molecule has 1 N–H and O–H groups in total. The molecule has 0 unspecified atom stereocenters. The Morgan fingerprint density at radius 3 is 2.77 bits per heavy atom.